The molecule has 0 aliphatic rings. The van der Waals surface area contributed by atoms with E-state index in [0.717, 1.165) is 17.7 Å². The maximum Gasteiger partial charge on any atom is 0.177 e. The van der Waals surface area contributed by atoms with Crippen LogP contribution < -0.4 is 11.1 Å². The molecule has 114 valence electrons. The van der Waals surface area contributed by atoms with Gasteiger partial charge >= 0.3 is 0 Å². The number of nitrogens with two attached hydrogens (primary N) is 1. The van der Waals surface area contributed by atoms with Crippen molar-refractivity contribution in [2.24, 2.45) is 0 Å². The van der Waals surface area contributed by atoms with Gasteiger partial charge in [-0.3, -0.25) is 0 Å². The number of rotatable bonds is 5. The molecule has 2 aromatic rings. The second-order valence-electron chi connectivity index (χ2n) is 4.87. The smallest absolute Gasteiger partial charge is 0.177 e. The minimum absolute atomic E-state index is 0.0348. The third-order valence-corrected chi connectivity index (χ3v) is 5.61. The van der Waals surface area contributed by atoms with Gasteiger partial charge in [0.1, 0.15) is 5.01 Å². The van der Waals surface area contributed by atoms with Crippen LogP contribution in [0.25, 0.3) is 0 Å². The van der Waals surface area contributed by atoms with E-state index >= 15 is 0 Å². The Morgan fingerprint density at radius 2 is 2.14 bits per heavy atom. The number of nitrogen functional groups attached to an aromatic ring is 1. The SMILES string of the molecule is CCc1cnc(C(C)Nc2cccc(S(C)(=O)=O)c2N)s1. The lowest BCUT2D eigenvalue weighted by Crippen LogP contribution is -2.10. The number of anilines is 2. The lowest BCUT2D eigenvalue weighted by Gasteiger charge is -2.16. The molecule has 0 aliphatic carbocycles. The Balaban J connectivity index is 2.27. The summed E-state index contributed by atoms with van der Waals surface area (Å²) < 4.78 is 23.4. The molecule has 0 saturated carbocycles. The standard InChI is InChI=1S/C14H19N3O2S2/c1-4-10-8-16-14(20-10)9(2)17-11-6-5-7-12(13(11)15)21(3,18)19/h5-9,17H,4,15H2,1-3H3. The number of para-hydroxylation sites is 1. The van der Waals surface area contributed by atoms with Gasteiger partial charge in [0.05, 0.1) is 22.3 Å². The van der Waals surface area contributed by atoms with Crippen molar-refractivity contribution in [3.8, 4) is 0 Å². The minimum atomic E-state index is -3.33. The Labute approximate surface area is 129 Å². The van der Waals surface area contributed by atoms with Gasteiger partial charge in [-0.2, -0.15) is 0 Å². The third-order valence-electron chi connectivity index (χ3n) is 3.13. The fraction of sp³-hybridized carbons (Fsp3) is 0.357. The molecule has 1 unspecified atom stereocenters. The monoisotopic (exact) mass is 325 g/mol. The summed E-state index contributed by atoms with van der Waals surface area (Å²) in [5.74, 6) is 0. The molecule has 0 saturated heterocycles. The summed E-state index contributed by atoms with van der Waals surface area (Å²) in [6.45, 7) is 4.06. The highest BCUT2D eigenvalue weighted by molar-refractivity contribution is 7.90. The van der Waals surface area contributed by atoms with Crippen molar-refractivity contribution in [3.05, 3.63) is 34.3 Å². The van der Waals surface area contributed by atoms with Gasteiger partial charge in [-0.1, -0.05) is 13.0 Å². The summed E-state index contributed by atoms with van der Waals surface area (Å²) in [7, 11) is -3.33. The molecular formula is C14H19N3O2S2. The first-order chi connectivity index (χ1) is 9.82. The highest BCUT2D eigenvalue weighted by atomic mass is 32.2. The topological polar surface area (TPSA) is 85.1 Å². The third kappa shape index (κ3) is 3.54. The van der Waals surface area contributed by atoms with E-state index in [4.69, 9.17) is 5.73 Å². The predicted octanol–water partition coefficient (Wildman–Crippen LogP) is 2.86. The van der Waals surface area contributed by atoms with Gasteiger partial charge in [0, 0.05) is 17.3 Å². The summed E-state index contributed by atoms with van der Waals surface area (Å²) >= 11 is 1.64. The molecule has 2 rings (SSSR count). The summed E-state index contributed by atoms with van der Waals surface area (Å²) in [5, 5.41) is 4.19. The number of aromatic nitrogens is 1. The predicted molar refractivity (Wildman–Crippen MR) is 87.5 cm³/mol. The number of nitrogens with zero attached hydrogens (tertiary/aromatic N) is 1. The molecule has 1 aromatic heterocycles. The molecule has 7 heteroatoms. The Kier molecular flexibility index (Phi) is 4.53. The second kappa shape index (κ2) is 6.03. The van der Waals surface area contributed by atoms with Crippen molar-refractivity contribution in [1.29, 1.82) is 0 Å². The van der Waals surface area contributed by atoms with E-state index in [0.29, 0.717) is 5.69 Å². The Morgan fingerprint density at radius 3 is 2.71 bits per heavy atom. The van der Waals surface area contributed by atoms with E-state index in [1.54, 1.807) is 23.5 Å². The Bertz CT molecular complexity index is 738. The van der Waals surface area contributed by atoms with Gasteiger partial charge in [-0.25, -0.2) is 13.4 Å². The van der Waals surface area contributed by atoms with Crippen LogP contribution in [-0.4, -0.2) is 19.7 Å². The van der Waals surface area contributed by atoms with Crippen LogP contribution in [0.3, 0.4) is 0 Å². The average molecular weight is 325 g/mol. The highest BCUT2D eigenvalue weighted by Crippen LogP contribution is 2.30. The van der Waals surface area contributed by atoms with Gasteiger partial charge in [-0.05, 0) is 25.5 Å². The molecule has 1 atom stereocenters. The normalized spacial score (nSPS) is 13.1. The number of thiazole rings is 1. The zero-order chi connectivity index (χ0) is 15.6. The first-order valence-corrected chi connectivity index (χ1v) is 9.33. The largest absolute Gasteiger partial charge is 0.396 e. The summed E-state index contributed by atoms with van der Waals surface area (Å²) in [4.78, 5) is 5.75. The van der Waals surface area contributed by atoms with Crippen LogP contribution in [0.1, 0.15) is 29.8 Å². The molecule has 1 heterocycles. The van der Waals surface area contributed by atoms with Crippen LogP contribution in [-0.2, 0) is 16.3 Å². The molecule has 1 aromatic carbocycles. The Morgan fingerprint density at radius 1 is 1.43 bits per heavy atom. The molecule has 3 N–H and O–H groups in total. The maximum absolute atomic E-state index is 11.7. The van der Waals surface area contributed by atoms with Gasteiger partial charge < -0.3 is 11.1 Å². The molecular weight excluding hydrogens is 306 g/mol. The van der Waals surface area contributed by atoms with Gasteiger partial charge in [0.25, 0.3) is 0 Å². The van der Waals surface area contributed by atoms with Crippen molar-refractivity contribution in [3.63, 3.8) is 0 Å². The lowest BCUT2D eigenvalue weighted by molar-refractivity contribution is 0.602. The summed E-state index contributed by atoms with van der Waals surface area (Å²) in [5.41, 5.74) is 6.83. The van der Waals surface area contributed by atoms with Crippen LogP contribution in [0.4, 0.5) is 11.4 Å². The second-order valence-corrected chi connectivity index (χ2v) is 8.00. The van der Waals surface area contributed by atoms with Gasteiger partial charge in [0.2, 0.25) is 0 Å². The first-order valence-electron chi connectivity index (χ1n) is 6.62. The number of hydrogen-bond donors (Lipinski definition) is 2. The molecule has 5 nitrogen and oxygen atoms in total. The molecule has 0 bridgehead atoms. The molecule has 0 amide bonds. The quantitative estimate of drug-likeness (QED) is 0.826. The van der Waals surface area contributed by atoms with Crippen molar-refractivity contribution >= 4 is 32.5 Å². The summed E-state index contributed by atoms with van der Waals surface area (Å²) in [6.07, 6.45) is 3.98. The number of hydrogen-bond acceptors (Lipinski definition) is 6. The van der Waals surface area contributed by atoms with E-state index < -0.39 is 9.84 Å². The van der Waals surface area contributed by atoms with Crippen LogP contribution in [0, 0.1) is 0 Å². The fourth-order valence-electron chi connectivity index (χ4n) is 1.97. The zero-order valence-electron chi connectivity index (χ0n) is 12.3. The minimum Gasteiger partial charge on any atom is -0.396 e. The Hall–Kier alpha value is -1.60. The number of nitrogens with one attached hydrogen (secondary N) is 1. The van der Waals surface area contributed by atoms with Crippen molar-refractivity contribution in [2.75, 3.05) is 17.3 Å². The number of benzene rings is 1. The van der Waals surface area contributed by atoms with E-state index in [9.17, 15) is 8.42 Å². The summed E-state index contributed by atoms with van der Waals surface area (Å²) in [6, 6.07) is 4.93. The highest BCUT2D eigenvalue weighted by Gasteiger charge is 2.16. The van der Waals surface area contributed by atoms with Crippen molar-refractivity contribution in [1.82, 2.24) is 4.98 Å². The molecule has 0 aliphatic heterocycles. The van der Waals surface area contributed by atoms with E-state index in [1.165, 1.54) is 10.9 Å². The van der Waals surface area contributed by atoms with E-state index in [1.807, 2.05) is 13.1 Å². The zero-order valence-corrected chi connectivity index (χ0v) is 13.9. The van der Waals surface area contributed by atoms with Crippen LogP contribution in [0.5, 0.6) is 0 Å². The average Bonchev–Trinajstić information content (AvgIpc) is 2.88. The molecule has 0 radical (unpaired) electrons. The van der Waals surface area contributed by atoms with Crippen molar-refractivity contribution < 1.29 is 8.42 Å². The molecule has 0 fully saturated rings. The van der Waals surface area contributed by atoms with Crippen molar-refractivity contribution in [2.45, 2.75) is 31.2 Å². The molecule has 0 spiro atoms. The maximum atomic E-state index is 11.7. The van der Waals surface area contributed by atoms with Crippen LogP contribution in [0.15, 0.2) is 29.3 Å². The first kappa shape index (κ1) is 15.8. The van der Waals surface area contributed by atoms with Crippen LogP contribution in [0.2, 0.25) is 0 Å². The lowest BCUT2D eigenvalue weighted by atomic mass is 10.2. The van der Waals surface area contributed by atoms with E-state index in [2.05, 4.69) is 17.2 Å². The molecule has 21 heavy (non-hydrogen) atoms. The number of sulfone groups is 1. The van der Waals surface area contributed by atoms with E-state index in [-0.39, 0.29) is 16.6 Å². The van der Waals surface area contributed by atoms with Gasteiger partial charge in [0.15, 0.2) is 9.84 Å². The number of aryl methyl sites for hydroxylation is 1. The van der Waals surface area contributed by atoms with Crippen LogP contribution >= 0.6 is 11.3 Å². The fourth-order valence-corrected chi connectivity index (χ4v) is 3.67. The van der Waals surface area contributed by atoms with Gasteiger partial charge in [-0.15, -0.1) is 11.3 Å².